The third-order valence-electron chi connectivity index (χ3n) is 3.67. The van der Waals surface area contributed by atoms with Crippen LogP contribution in [0.5, 0.6) is 5.75 Å². The number of aryl methyl sites for hydroxylation is 1. The number of benzene rings is 1. The molecule has 1 N–H and O–H groups in total. The summed E-state index contributed by atoms with van der Waals surface area (Å²) in [5.41, 5.74) is 1.05. The van der Waals surface area contributed by atoms with Gasteiger partial charge in [0, 0.05) is 19.6 Å². The first-order valence-electron chi connectivity index (χ1n) is 6.89. The quantitative estimate of drug-likeness (QED) is 0.921. The van der Waals surface area contributed by atoms with Crippen LogP contribution in [0.4, 0.5) is 0 Å². The summed E-state index contributed by atoms with van der Waals surface area (Å²) >= 11 is 6.09. The van der Waals surface area contributed by atoms with E-state index in [0.717, 1.165) is 25.1 Å². The molecule has 0 aliphatic carbocycles. The molecule has 1 heterocycles. The van der Waals surface area contributed by atoms with Gasteiger partial charge in [-0.3, -0.25) is 4.79 Å². The maximum atomic E-state index is 12.4. The Balaban J connectivity index is 0.00000220. The molecule has 6 heteroatoms. The lowest BCUT2D eigenvalue weighted by molar-refractivity contribution is -0.138. The van der Waals surface area contributed by atoms with E-state index in [-0.39, 0.29) is 24.4 Å². The molecule has 4 nitrogen and oxygen atoms in total. The van der Waals surface area contributed by atoms with Crippen LogP contribution in [0.2, 0.25) is 5.02 Å². The van der Waals surface area contributed by atoms with E-state index in [1.54, 1.807) is 17.9 Å². The molecule has 1 aromatic carbocycles. The summed E-state index contributed by atoms with van der Waals surface area (Å²) < 4.78 is 5.72. The number of hydrogen-bond acceptors (Lipinski definition) is 3. The number of halogens is 2. The van der Waals surface area contributed by atoms with Gasteiger partial charge in [0.25, 0.3) is 5.91 Å². The first-order chi connectivity index (χ1) is 9.49. The predicted molar refractivity (Wildman–Crippen MR) is 87.6 cm³/mol. The van der Waals surface area contributed by atoms with Gasteiger partial charge in [0.05, 0.1) is 5.02 Å². The van der Waals surface area contributed by atoms with E-state index in [9.17, 15) is 4.79 Å². The Morgan fingerprint density at radius 3 is 2.86 bits per heavy atom. The van der Waals surface area contributed by atoms with E-state index < -0.39 is 6.10 Å². The van der Waals surface area contributed by atoms with Gasteiger partial charge in [-0.05, 0) is 44.5 Å². The minimum absolute atomic E-state index is 0. The Bertz CT molecular complexity index is 491. The minimum Gasteiger partial charge on any atom is -0.479 e. The van der Waals surface area contributed by atoms with E-state index in [1.807, 2.05) is 26.1 Å². The summed E-state index contributed by atoms with van der Waals surface area (Å²) in [5, 5.41) is 3.79. The summed E-state index contributed by atoms with van der Waals surface area (Å²) in [5.74, 6) is 0.543. The molecule has 1 amide bonds. The minimum atomic E-state index is -0.542. The summed E-state index contributed by atoms with van der Waals surface area (Å²) in [6, 6.07) is 5.80. The monoisotopic (exact) mass is 332 g/mol. The number of ether oxygens (including phenoxy) is 1. The van der Waals surface area contributed by atoms with Crippen LogP contribution in [-0.2, 0) is 4.79 Å². The number of carbonyl (C=O) groups is 1. The van der Waals surface area contributed by atoms with Crippen molar-refractivity contribution in [2.24, 2.45) is 0 Å². The van der Waals surface area contributed by atoms with Gasteiger partial charge in [0.2, 0.25) is 0 Å². The summed E-state index contributed by atoms with van der Waals surface area (Å²) in [6.45, 7) is 5.53. The summed E-state index contributed by atoms with van der Waals surface area (Å²) in [7, 11) is 1.83. The maximum absolute atomic E-state index is 12.4. The van der Waals surface area contributed by atoms with Gasteiger partial charge in [-0.2, -0.15) is 0 Å². The van der Waals surface area contributed by atoms with Gasteiger partial charge in [-0.1, -0.05) is 17.7 Å². The molecule has 0 spiro atoms. The number of likely N-dealkylation sites (N-methyl/N-ethyl adjacent to an activating group) is 1. The Hall–Kier alpha value is -0.970. The highest BCUT2D eigenvalue weighted by Gasteiger charge is 2.27. The van der Waals surface area contributed by atoms with Crippen molar-refractivity contribution in [1.82, 2.24) is 10.2 Å². The smallest absolute Gasteiger partial charge is 0.263 e. The van der Waals surface area contributed by atoms with E-state index in [2.05, 4.69) is 5.32 Å². The first kappa shape index (κ1) is 18.1. The highest BCUT2D eigenvalue weighted by Crippen LogP contribution is 2.26. The van der Waals surface area contributed by atoms with Crippen molar-refractivity contribution >= 4 is 29.9 Å². The van der Waals surface area contributed by atoms with Gasteiger partial charge < -0.3 is 15.0 Å². The van der Waals surface area contributed by atoms with Crippen LogP contribution in [-0.4, -0.2) is 43.1 Å². The second-order valence-electron chi connectivity index (χ2n) is 5.29. The van der Waals surface area contributed by atoms with Gasteiger partial charge in [0.1, 0.15) is 5.75 Å². The molecule has 2 unspecified atom stereocenters. The lowest BCUT2D eigenvalue weighted by Gasteiger charge is -2.27. The first-order valence-corrected chi connectivity index (χ1v) is 7.27. The molecule has 2 atom stereocenters. The van der Waals surface area contributed by atoms with Crippen molar-refractivity contribution in [3.05, 3.63) is 28.8 Å². The Kier molecular flexibility index (Phi) is 6.78. The van der Waals surface area contributed by atoms with Crippen molar-refractivity contribution in [1.29, 1.82) is 0 Å². The normalized spacial score (nSPS) is 18.8. The lowest BCUT2D eigenvalue weighted by Crippen LogP contribution is -2.44. The van der Waals surface area contributed by atoms with Gasteiger partial charge in [0.15, 0.2) is 6.10 Å². The Morgan fingerprint density at radius 2 is 2.24 bits per heavy atom. The zero-order chi connectivity index (χ0) is 14.7. The standard InChI is InChI=1S/C15H21ClN2O2.ClH/c1-10-4-5-13(16)14(8-10)20-11(2)15(19)18(3)12-6-7-17-9-12;/h4-5,8,11-12,17H,6-7,9H2,1-3H3;1H. The fourth-order valence-corrected chi connectivity index (χ4v) is 2.54. The zero-order valence-corrected chi connectivity index (χ0v) is 14.1. The molecule has 1 aromatic rings. The molecule has 0 bridgehead atoms. The molecular weight excluding hydrogens is 311 g/mol. The maximum Gasteiger partial charge on any atom is 0.263 e. The van der Waals surface area contributed by atoms with Crippen LogP contribution in [0.1, 0.15) is 18.9 Å². The molecule has 21 heavy (non-hydrogen) atoms. The van der Waals surface area contributed by atoms with Gasteiger partial charge in [-0.25, -0.2) is 0 Å². The van der Waals surface area contributed by atoms with E-state index in [0.29, 0.717) is 10.8 Å². The van der Waals surface area contributed by atoms with Crippen LogP contribution in [0.15, 0.2) is 18.2 Å². The molecule has 1 fully saturated rings. The van der Waals surface area contributed by atoms with Gasteiger partial charge in [-0.15, -0.1) is 12.4 Å². The largest absolute Gasteiger partial charge is 0.479 e. The Morgan fingerprint density at radius 1 is 1.52 bits per heavy atom. The SMILES string of the molecule is Cc1ccc(Cl)c(OC(C)C(=O)N(C)C2CCNC2)c1.Cl. The predicted octanol–water partition coefficient (Wildman–Crippen LogP) is 2.66. The second-order valence-corrected chi connectivity index (χ2v) is 5.70. The third kappa shape index (κ3) is 4.50. The number of carbonyl (C=O) groups excluding carboxylic acids is 1. The topological polar surface area (TPSA) is 41.6 Å². The number of rotatable bonds is 4. The highest BCUT2D eigenvalue weighted by atomic mass is 35.5. The van der Waals surface area contributed by atoms with Crippen molar-refractivity contribution in [2.45, 2.75) is 32.4 Å². The molecule has 1 saturated heterocycles. The molecule has 2 rings (SSSR count). The third-order valence-corrected chi connectivity index (χ3v) is 3.98. The van der Waals surface area contributed by atoms with Crippen LogP contribution in [0.3, 0.4) is 0 Å². The second kappa shape index (κ2) is 7.87. The molecule has 1 aliphatic rings. The zero-order valence-electron chi connectivity index (χ0n) is 12.6. The lowest BCUT2D eigenvalue weighted by atomic mass is 10.2. The van der Waals surface area contributed by atoms with Crippen molar-refractivity contribution < 1.29 is 9.53 Å². The van der Waals surface area contributed by atoms with Crippen LogP contribution < -0.4 is 10.1 Å². The summed E-state index contributed by atoms with van der Waals surface area (Å²) in [6.07, 6.45) is 0.445. The average Bonchev–Trinajstić information content (AvgIpc) is 2.95. The molecule has 1 aliphatic heterocycles. The van der Waals surface area contributed by atoms with Crippen molar-refractivity contribution in [2.75, 3.05) is 20.1 Å². The van der Waals surface area contributed by atoms with E-state index in [1.165, 1.54) is 0 Å². The molecular formula is C15H22Cl2N2O2. The Labute approximate surface area is 137 Å². The van der Waals surface area contributed by atoms with E-state index >= 15 is 0 Å². The molecule has 0 saturated carbocycles. The van der Waals surface area contributed by atoms with E-state index in [4.69, 9.17) is 16.3 Å². The van der Waals surface area contributed by atoms with Gasteiger partial charge >= 0.3 is 0 Å². The summed E-state index contributed by atoms with van der Waals surface area (Å²) in [4.78, 5) is 14.1. The molecule has 0 radical (unpaired) electrons. The number of nitrogens with zero attached hydrogens (tertiary/aromatic N) is 1. The van der Waals surface area contributed by atoms with Crippen LogP contribution in [0, 0.1) is 6.92 Å². The highest BCUT2D eigenvalue weighted by molar-refractivity contribution is 6.32. The number of nitrogens with one attached hydrogen (secondary N) is 1. The number of amides is 1. The fraction of sp³-hybridized carbons (Fsp3) is 0.533. The molecule has 118 valence electrons. The molecule has 0 aromatic heterocycles. The average molecular weight is 333 g/mol. The van der Waals surface area contributed by atoms with Crippen LogP contribution in [0.25, 0.3) is 0 Å². The fourth-order valence-electron chi connectivity index (χ4n) is 2.38. The van der Waals surface area contributed by atoms with Crippen molar-refractivity contribution in [3.63, 3.8) is 0 Å². The van der Waals surface area contributed by atoms with Crippen LogP contribution >= 0.6 is 24.0 Å². The number of hydrogen-bond donors (Lipinski definition) is 1. The van der Waals surface area contributed by atoms with Crippen molar-refractivity contribution in [3.8, 4) is 5.75 Å².